The summed E-state index contributed by atoms with van der Waals surface area (Å²) in [5, 5.41) is 0. The van der Waals surface area contributed by atoms with Crippen molar-refractivity contribution in [3.8, 4) is 0 Å². The molecule has 4 nitrogen and oxygen atoms in total. The van der Waals surface area contributed by atoms with Crippen LogP contribution < -0.4 is 0 Å². The number of hydrogen-bond donors (Lipinski definition) is 0. The van der Waals surface area contributed by atoms with E-state index in [0.717, 1.165) is 24.2 Å². The average molecular weight is 371 g/mol. The van der Waals surface area contributed by atoms with Crippen LogP contribution in [-0.4, -0.2) is 96.1 Å². The maximum Gasteiger partial charge on any atom is 0.0238 e. The Balaban J connectivity index is 0.000000432. The van der Waals surface area contributed by atoms with Crippen LogP contribution in [0, 0.1) is 0 Å². The molecule has 0 aliphatic carbocycles. The van der Waals surface area contributed by atoms with Gasteiger partial charge in [0.05, 0.1) is 0 Å². The molecule has 4 bridgehead atoms. The third-order valence-corrected chi connectivity index (χ3v) is 6.42. The van der Waals surface area contributed by atoms with Crippen molar-refractivity contribution in [3.63, 3.8) is 0 Å². The summed E-state index contributed by atoms with van der Waals surface area (Å²) in [5.41, 5.74) is 0. The summed E-state index contributed by atoms with van der Waals surface area (Å²) in [5.74, 6) is 0. The second-order valence-electron chi connectivity index (χ2n) is 8.48. The minimum atomic E-state index is 0. The fourth-order valence-electron chi connectivity index (χ4n) is 5.00. The molecule has 0 aromatic carbocycles. The third kappa shape index (κ3) is 6.19. The van der Waals surface area contributed by atoms with E-state index in [-0.39, 0.29) is 22.3 Å². The van der Waals surface area contributed by atoms with Crippen LogP contribution in [0.3, 0.4) is 0 Å². The van der Waals surface area contributed by atoms with Crippen LogP contribution in [0.4, 0.5) is 0 Å². The Hall–Kier alpha value is -0.160. The van der Waals surface area contributed by atoms with Gasteiger partial charge in [-0.15, -0.1) is 0 Å². The van der Waals surface area contributed by atoms with Crippen molar-refractivity contribution in [2.24, 2.45) is 0 Å². The predicted molar refractivity (Wildman–Crippen MR) is 118 cm³/mol. The van der Waals surface area contributed by atoms with Gasteiger partial charge in [-0.25, -0.2) is 0 Å². The highest BCUT2D eigenvalue weighted by molar-refractivity contribution is 4.90. The van der Waals surface area contributed by atoms with E-state index in [1.165, 1.54) is 71.6 Å². The lowest BCUT2D eigenvalue weighted by Gasteiger charge is -2.37. The Bertz CT molecular complexity index is 363. The van der Waals surface area contributed by atoms with E-state index in [1.54, 1.807) is 0 Å². The number of nitrogens with zero attached hydrogens (tertiary/aromatic N) is 4. The summed E-state index contributed by atoms with van der Waals surface area (Å²) >= 11 is 0. The second-order valence-corrected chi connectivity index (χ2v) is 8.48. The van der Waals surface area contributed by atoms with Crippen LogP contribution >= 0.6 is 0 Å². The molecule has 0 saturated carbocycles. The van der Waals surface area contributed by atoms with Gasteiger partial charge in [0.25, 0.3) is 0 Å². The van der Waals surface area contributed by atoms with Gasteiger partial charge >= 0.3 is 0 Å². The Morgan fingerprint density at radius 3 is 1.50 bits per heavy atom. The molecule has 5 saturated heterocycles. The molecule has 0 aromatic heterocycles. The van der Waals surface area contributed by atoms with Crippen LogP contribution in [0.5, 0.6) is 0 Å². The number of fused-ring (bicyclic) bond motifs is 6. The Morgan fingerprint density at radius 1 is 0.538 bits per heavy atom. The second kappa shape index (κ2) is 11.6. The van der Waals surface area contributed by atoms with Crippen LogP contribution in [0.15, 0.2) is 0 Å². The van der Waals surface area contributed by atoms with Crippen molar-refractivity contribution < 1.29 is 0 Å². The minimum Gasteiger partial charge on any atom is -0.302 e. The highest BCUT2D eigenvalue weighted by Gasteiger charge is 2.33. The van der Waals surface area contributed by atoms with Gasteiger partial charge in [0.2, 0.25) is 0 Å². The van der Waals surface area contributed by atoms with Gasteiger partial charge in [0.15, 0.2) is 0 Å². The first kappa shape index (κ1) is 25.8. The first-order chi connectivity index (χ1) is 11.0. The summed E-state index contributed by atoms with van der Waals surface area (Å²) in [4.78, 5) is 10.5. The lowest BCUT2D eigenvalue weighted by Crippen LogP contribution is -2.49. The van der Waals surface area contributed by atoms with E-state index < -0.39 is 0 Å². The Labute approximate surface area is 165 Å². The molecule has 5 rings (SSSR count). The summed E-state index contributed by atoms with van der Waals surface area (Å²) in [6.45, 7) is 19.8. The van der Waals surface area contributed by atoms with Gasteiger partial charge in [-0.1, -0.05) is 22.3 Å². The molecule has 26 heavy (non-hydrogen) atoms. The monoisotopic (exact) mass is 370 g/mol. The molecule has 0 amide bonds. The van der Waals surface area contributed by atoms with Crippen molar-refractivity contribution in [2.75, 3.05) is 52.4 Å². The quantitative estimate of drug-likeness (QED) is 0.731. The number of hydrogen-bond acceptors (Lipinski definition) is 4. The summed E-state index contributed by atoms with van der Waals surface area (Å²) < 4.78 is 0. The van der Waals surface area contributed by atoms with Crippen molar-refractivity contribution in [2.45, 2.75) is 93.4 Å². The molecule has 5 heterocycles. The Kier molecular flexibility index (Phi) is 11.6. The van der Waals surface area contributed by atoms with Gasteiger partial charge in [-0.3, -0.25) is 9.80 Å². The summed E-state index contributed by atoms with van der Waals surface area (Å²) in [6, 6.07) is 3.26. The van der Waals surface area contributed by atoms with E-state index in [9.17, 15) is 0 Å². The van der Waals surface area contributed by atoms with Crippen LogP contribution in [0.25, 0.3) is 0 Å². The molecule has 2 unspecified atom stereocenters. The first-order valence-corrected chi connectivity index (χ1v) is 10.0. The van der Waals surface area contributed by atoms with Crippen molar-refractivity contribution in [1.82, 2.24) is 19.6 Å². The maximum absolute atomic E-state index is 2.69. The minimum absolute atomic E-state index is 0. The van der Waals surface area contributed by atoms with Crippen molar-refractivity contribution in [3.05, 3.63) is 0 Å². The molecular weight excluding hydrogens is 320 g/mol. The van der Waals surface area contributed by atoms with Gasteiger partial charge < -0.3 is 9.80 Å². The van der Waals surface area contributed by atoms with E-state index in [1.807, 2.05) is 0 Å². The standard InChI is InChI=1S/C10H20N2.C9H18N2.3CH4/c1-9(2)12-8-7-11-5-3-10(12)4-6-11;1-8(2)11-6-5-10-4-3-9(11)7-10;;;/h9-10H,3-8H2,1-2H3;8-9H,3-7H2,1-2H3;3*1H4. The first-order valence-electron chi connectivity index (χ1n) is 10.0. The average Bonchev–Trinajstić information content (AvgIpc) is 2.72. The van der Waals surface area contributed by atoms with Crippen molar-refractivity contribution in [1.29, 1.82) is 0 Å². The molecule has 5 aliphatic heterocycles. The van der Waals surface area contributed by atoms with Gasteiger partial charge in [0.1, 0.15) is 0 Å². The van der Waals surface area contributed by atoms with Gasteiger partial charge in [-0.05, 0) is 66.6 Å². The molecule has 0 radical (unpaired) electrons. The highest BCUT2D eigenvalue weighted by Crippen LogP contribution is 2.23. The summed E-state index contributed by atoms with van der Waals surface area (Å²) in [6.07, 6.45) is 4.20. The molecule has 5 fully saturated rings. The SMILES string of the molecule is C.C.C.CC(C)N1CCN2CCC1C2.CC(C)N1CCN2CCC1CC2. The van der Waals surface area contributed by atoms with Crippen LogP contribution in [0.2, 0.25) is 0 Å². The molecule has 2 atom stereocenters. The van der Waals surface area contributed by atoms with E-state index in [2.05, 4.69) is 47.3 Å². The van der Waals surface area contributed by atoms with E-state index in [0.29, 0.717) is 0 Å². The number of piperazine rings is 1. The number of piperidine rings is 1. The fraction of sp³-hybridized carbons (Fsp3) is 1.00. The van der Waals surface area contributed by atoms with Gasteiger partial charge in [-0.2, -0.15) is 0 Å². The molecule has 0 aromatic rings. The van der Waals surface area contributed by atoms with Crippen LogP contribution in [-0.2, 0) is 0 Å². The van der Waals surface area contributed by atoms with E-state index in [4.69, 9.17) is 0 Å². The maximum atomic E-state index is 2.69. The summed E-state index contributed by atoms with van der Waals surface area (Å²) in [7, 11) is 0. The topological polar surface area (TPSA) is 13.0 Å². The third-order valence-electron chi connectivity index (χ3n) is 6.42. The zero-order chi connectivity index (χ0) is 16.4. The van der Waals surface area contributed by atoms with Crippen LogP contribution in [0.1, 0.15) is 69.2 Å². The number of rotatable bonds is 2. The fourth-order valence-corrected chi connectivity index (χ4v) is 5.00. The Morgan fingerprint density at radius 2 is 0.962 bits per heavy atom. The smallest absolute Gasteiger partial charge is 0.0238 e. The van der Waals surface area contributed by atoms with E-state index >= 15 is 0 Å². The zero-order valence-corrected chi connectivity index (χ0v) is 15.9. The highest BCUT2D eigenvalue weighted by atomic mass is 15.3. The zero-order valence-electron chi connectivity index (χ0n) is 15.9. The normalized spacial score (nSPS) is 33.5. The molecular formula is C22H50N4. The molecule has 5 aliphatic rings. The van der Waals surface area contributed by atoms with Gasteiger partial charge in [0, 0.05) is 56.9 Å². The predicted octanol–water partition coefficient (Wildman–Crippen LogP) is 3.87. The van der Waals surface area contributed by atoms with Crippen molar-refractivity contribution >= 4 is 0 Å². The lowest BCUT2D eigenvalue weighted by atomic mass is 10.0. The lowest BCUT2D eigenvalue weighted by molar-refractivity contribution is 0.105. The molecule has 4 heteroatoms. The molecule has 0 spiro atoms. The largest absolute Gasteiger partial charge is 0.302 e. The molecule has 158 valence electrons. The molecule has 0 N–H and O–H groups in total.